The van der Waals surface area contributed by atoms with E-state index in [2.05, 4.69) is 5.32 Å². The topological polar surface area (TPSA) is 104 Å². The molecule has 0 radical (unpaired) electrons. The highest BCUT2D eigenvalue weighted by atomic mass is 16.3. The van der Waals surface area contributed by atoms with E-state index in [1.165, 1.54) is 0 Å². The molecule has 2 atom stereocenters. The SMILES string of the molecule is NC(=O)NC(=O)CNCC1CCCC1O. The summed E-state index contributed by atoms with van der Waals surface area (Å²) in [5, 5.41) is 14.3. The number of imide groups is 1. The van der Waals surface area contributed by atoms with E-state index in [1.54, 1.807) is 0 Å². The third-order valence-corrected chi connectivity index (χ3v) is 2.57. The molecular weight excluding hydrogens is 198 g/mol. The Kier molecular flexibility index (Phi) is 4.51. The van der Waals surface area contributed by atoms with E-state index in [-0.39, 0.29) is 18.6 Å². The van der Waals surface area contributed by atoms with Gasteiger partial charge in [-0.2, -0.15) is 0 Å². The molecule has 2 unspecified atom stereocenters. The Hall–Kier alpha value is -1.14. The first kappa shape index (κ1) is 11.9. The van der Waals surface area contributed by atoms with Crippen molar-refractivity contribution in [3.05, 3.63) is 0 Å². The van der Waals surface area contributed by atoms with Crippen LogP contribution in [0.2, 0.25) is 0 Å². The standard InChI is InChI=1S/C9H17N3O3/c10-9(15)12-8(14)5-11-4-6-2-1-3-7(6)13/h6-7,11,13H,1-5H2,(H3,10,12,14,15). The van der Waals surface area contributed by atoms with Crippen molar-refractivity contribution in [3.63, 3.8) is 0 Å². The molecule has 0 bridgehead atoms. The first-order valence-corrected chi connectivity index (χ1v) is 5.07. The van der Waals surface area contributed by atoms with Crippen LogP contribution in [0.5, 0.6) is 0 Å². The van der Waals surface area contributed by atoms with Crippen molar-refractivity contribution in [1.82, 2.24) is 10.6 Å². The van der Waals surface area contributed by atoms with Crippen LogP contribution in [0.4, 0.5) is 4.79 Å². The van der Waals surface area contributed by atoms with E-state index in [4.69, 9.17) is 5.73 Å². The summed E-state index contributed by atoms with van der Waals surface area (Å²) in [4.78, 5) is 21.3. The predicted molar refractivity (Wildman–Crippen MR) is 53.9 cm³/mol. The summed E-state index contributed by atoms with van der Waals surface area (Å²) in [5.74, 6) is -0.235. The number of nitrogens with two attached hydrogens (primary N) is 1. The number of aliphatic hydroxyl groups excluding tert-OH is 1. The lowest BCUT2D eigenvalue weighted by Gasteiger charge is -2.14. The molecule has 0 aliphatic heterocycles. The zero-order valence-corrected chi connectivity index (χ0v) is 8.53. The first-order valence-electron chi connectivity index (χ1n) is 5.07. The van der Waals surface area contributed by atoms with Gasteiger partial charge >= 0.3 is 6.03 Å². The van der Waals surface area contributed by atoms with Crippen molar-refractivity contribution in [2.75, 3.05) is 13.1 Å². The average molecular weight is 215 g/mol. The summed E-state index contributed by atoms with van der Waals surface area (Å²) in [6.07, 6.45) is 2.57. The maximum atomic E-state index is 11.0. The van der Waals surface area contributed by atoms with Gasteiger partial charge in [-0.3, -0.25) is 10.1 Å². The highest BCUT2D eigenvalue weighted by Crippen LogP contribution is 2.24. The molecular formula is C9H17N3O3. The second-order valence-corrected chi connectivity index (χ2v) is 3.80. The van der Waals surface area contributed by atoms with Crippen LogP contribution < -0.4 is 16.4 Å². The molecule has 0 heterocycles. The summed E-state index contributed by atoms with van der Waals surface area (Å²) in [6.45, 7) is 0.638. The van der Waals surface area contributed by atoms with Crippen LogP contribution in [-0.2, 0) is 4.79 Å². The maximum Gasteiger partial charge on any atom is 0.318 e. The van der Waals surface area contributed by atoms with Gasteiger partial charge in [0.2, 0.25) is 5.91 Å². The van der Waals surface area contributed by atoms with E-state index < -0.39 is 11.9 Å². The Labute approximate surface area is 88.2 Å². The monoisotopic (exact) mass is 215 g/mol. The van der Waals surface area contributed by atoms with Crippen molar-refractivity contribution >= 4 is 11.9 Å². The zero-order valence-electron chi connectivity index (χ0n) is 8.53. The molecule has 6 heteroatoms. The van der Waals surface area contributed by atoms with Gasteiger partial charge in [0.25, 0.3) is 0 Å². The Morgan fingerprint density at radius 3 is 2.67 bits per heavy atom. The number of nitrogens with one attached hydrogen (secondary N) is 2. The van der Waals surface area contributed by atoms with E-state index in [9.17, 15) is 14.7 Å². The van der Waals surface area contributed by atoms with Crippen LogP contribution >= 0.6 is 0 Å². The summed E-state index contributed by atoms with van der Waals surface area (Å²) >= 11 is 0. The molecule has 1 fully saturated rings. The van der Waals surface area contributed by atoms with Crippen LogP contribution in [0.15, 0.2) is 0 Å². The van der Waals surface area contributed by atoms with E-state index in [0.717, 1.165) is 19.3 Å². The number of rotatable bonds is 4. The summed E-state index contributed by atoms with van der Waals surface area (Å²) in [6, 6.07) is -0.845. The molecule has 1 rings (SSSR count). The third-order valence-electron chi connectivity index (χ3n) is 2.57. The fraction of sp³-hybridized carbons (Fsp3) is 0.778. The lowest BCUT2D eigenvalue weighted by Crippen LogP contribution is -2.42. The van der Waals surface area contributed by atoms with Crippen molar-refractivity contribution in [2.45, 2.75) is 25.4 Å². The minimum absolute atomic E-state index is 0.0478. The van der Waals surface area contributed by atoms with Gasteiger partial charge in [0, 0.05) is 6.54 Å². The third kappa shape index (κ3) is 4.26. The molecule has 1 aliphatic rings. The van der Waals surface area contributed by atoms with Crippen molar-refractivity contribution in [1.29, 1.82) is 0 Å². The molecule has 0 aromatic heterocycles. The first-order chi connectivity index (χ1) is 7.09. The number of carbonyl (C=O) groups excluding carboxylic acids is 2. The van der Waals surface area contributed by atoms with Gasteiger partial charge in [0.05, 0.1) is 12.6 Å². The largest absolute Gasteiger partial charge is 0.393 e. The van der Waals surface area contributed by atoms with Crippen molar-refractivity contribution in [2.24, 2.45) is 11.7 Å². The minimum Gasteiger partial charge on any atom is -0.393 e. The van der Waals surface area contributed by atoms with E-state index >= 15 is 0 Å². The van der Waals surface area contributed by atoms with Crippen molar-refractivity contribution < 1.29 is 14.7 Å². The molecule has 1 saturated carbocycles. The fourth-order valence-corrected chi connectivity index (χ4v) is 1.81. The van der Waals surface area contributed by atoms with Crippen LogP contribution in [0.3, 0.4) is 0 Å². The molecule has 0 spiro atoms. The second kappa shape index (κ2) is 5.67. The minimum atomic E-state index is -0.845. The van der Waals surface area contributed by atoms with Gasteiger partial charge < -0.3 is 16.2 Å². The zero-order chi connectivity index (χ0) is 11.3. The number of hydrogen-bond acceptors (Lipinski definition) is 4. The van der Waals surface area contributed by atoms with E-state index in [0.29, 0.717) is 6.54 Å². The van der Waals surface area contributed by atoms with Crippen LogP contribution in [0.25, 0.3) is 0 Å². The van der Waals surface area contributed by atoms with Crippen molar-refractivity contribution in [3.8, 4) is 0 Å². The van der Waals surface area contributed by atoms with Gasteiger partial charge in [-0.05, 0) is 18.8 Å². The van der Waals surface area contributed by atoms with Gasteiger partial charge in [0.1, 0.15) is 0 Å². The molecule has 6 nitrogen and oxygen atoms in total. The predicted octanol–water partition coefficient (Wildman–Crippen LogP) is -1.07. The molecule has 3 amide bonds. The van der Waals surface area contributed by atoms with Crippen LogP contribution in [-0.4, -0.2) is 36.2 Å². The normalized spacial score (nSPS) is 25.1. The molecule has 0 aromatic carbocycles. The highest BCUT2D eigenvalue weighted by molar-refractivity contribution is 5.94. The molecule has 15 heavy (non-hydrogen) atoms. The number of carbonyl (C=O) groups is 2. The highest BCUT2D eigenvalue weighted by Gasteiger charge is 2.24. The van der Waals surface area contributed by atoms with E-state index in [1.807, 2.05) is 5.32 Å². The van der Waals surface area contributed by atoms with Gasteiger partial charge in [-0.25, -0.2) is 4.79 Å². The molecule has 0 aromatic rings. The van der Waals surface area contributed by atoms with Crippen LogP contribution in [0.1, 0.15) is 19.3 Å². The Morgan fingerprint density at radius 2 is 2.13 bits per heavy atom. The molecule has 1 aliphatic carbocycles. The number of primary amides is 1. The molecule has 5 N–H and O–H groups in total. The lowest BCUT2D eigenvalue weighted by molar-refractivity contribution is -0.119. The number of urea groups is 1. The quantitative estimate of drug-likeness (QED) is 0.479. The maximum absolute atomic E-state index is 11.0. The lowest BCUT2D eigenvalue weighted by atomic mass is 10.1. The van der Waals surface area contributed by atoms with Gasteiger partial charge in [-0.15, -0.1) is 0 Å². The number of aliphatic hydroxyl groups is 1. The molecule has 86 valence electrons. The summed E-state index contributed by atoms with van der Waals surface area (Å²) in [5.41, 5.74) is 4.77. The smallest absolute Gasteiger partial charge is 0.318 e. The summed E-state index contributed by atoms with van der Waals surface area (Å²) < 4.78 is 0. The fourth-order valence-electron chi connectivity index (χ4n) is 1.81. The Balaban J connectivity index is 2.10. The number of hydrogen-bond donors (Lipinski definition) is 4. The Bertz CT molecular complexity index is 245. The van der Waals surface area contributed by atoms with Crippen LogP contribution in [0, 0.1) is 5.92 Å². The van der Waals surface area contributed by atoms with Gasteiger partial charge in [0.15, 0.2) is 0 Å². The second-order valence-electron chi connectivity index (χ2n) is 3.80. The molecule has 0 saturated heterocycles. The van der Waals surface area contributed by atoms with Gasteiger partial charge in [-0.1, -0.05) is 6.42 Å². The summed E-state index contributed by atoms with van der Waals surface area (Å²) in [7, 11) is 0. The average Bonchev–Trinajstić information content (AvgIpc) is 2.50. The Morgan fingerprint density at radius 1 is 1.40 bits per heavy atom. The number of amides is 3.